The lowest BCUT2D eigenvalue weighted by Gasteiger charge is -1.99. The molecule has 0 radical (unpaired) electrons. The highest BCUT2D eigenvalue weighted by molar-refractivity contribution is 7.86. The average Bonchev–Trinajstić information content (AvgIpc) is 1.62. The van der Waals surface area contributed by atoms with Crippen molar-refractivity contribution in [3.63, 3.8) is 0 Å². The van der Waals surface area contributed by atoms with E-state index in [9.17, 15) is 12.9 Å². The molecule has 0 aliphatic rings. The summed E-state index contributed by atoms with van der Waals surface area (Å²) in [6.45, 7) is 0.981. The van der Waals surface area contributed by atoms with Gasteiger partial charge in [0.25, 0.3) is 10.1 Å². The first kappa shape index (κ1) is 7.80. The molecule has 1 unspecified atom stereocenters. The third-order valence-corrected chi connectivity index (χ3v) is 1.58. The smallest absolute Gasteiger partial charge is 0.283 e. The minimum Gasteiger partial charge on any atom is -0.284 e. The number of hydrogen-bond donors (Lipinski definition) is 2. The molecule has 0 rings (SSSR count). The van der Waals surface area contributed by atoms with Gasteiger partial charge in [0, 0.05) is 0 Å². The molecule has 0 aromatic carbocycles. The van der Waals surface area contributed by atoms with Gasteiger partial charge in [-0.05, 0) is 6.92 Å². The van der Waals surface area contributed by atoms with Crippen LogP contribution in [0.15, 0.2) is 0 Å². The highest BCUT2D eigenvalue weighted by atomic mass is 32.2. The van der Waals surface area contributed by atoms with Crippen LogP contribution < -0.4 is 5.54 Å². The summed E-state index contributed by atoms with van der Waals surface area (Å²) in [4.78, 5) is 0. The van der Waals surface area contributed by atoms with E-state index in [-0.39, 0.29) is 0 Å². The second-order valence-electron chi connectivity index (χ2n) is 1.27. The summed E-state index contributed by atoms with van der Waals surface area (Å²) in [7, 11) is -4.24. The third kappa shape index (κ3) is 2.20. The van der Waals surface area contributed by atoms with E-state index in [1.165, 1.54) is 0 Å². The van der Waals surface area contributed by atoms with Crippen LogP contribution in [0, 0.1) is 0 Å². The predicted octanol–water partition coefficient (Wildman–Crippen LogP) is -0.306. The molecule has 6 heteroatoms. The molecule has 0 bridgehead atoms. The zero-order valence-electron chi connectivity index (χ0n) is 4.13. The minimum absolute atomic E-state index is 0.867. The van der Waals surface area contributed by atoms with Gasteiger partial charge in [0.05, 0.1) is 0 Å². The molecule has 8 heavy (non-hydrogen) atoms. The molecule has 0 amide bonds. The van der Waals surface area contributed by atoms with Crippen molar-refractivity contribution in [1.82, 2.24) is 5.54 Å². The van der Waals surface area contributed by atoms with Crippen LogP contribution in [0.25, 0.3) is 0 Å². The van der Waals surface area contributed by atoms with Gasteiger partial charge in [-0.15, -0.1) is 10.0 Å². The molecule has 2 N–H and O–H groups in total. The van der Waals surface area contributed by atoms with Crippen molar-refractivity contribution >= 4 is 10.1 Å². The normalized spacial score (nSPS) is 15.9. The van der Waals surface area contributed by atoms with Crippen LogP contribution in [0.5, 0.6) is 0 Å². The molecule has 0 spiro atoms. The molecule has 0 aromatic rings. The molecule has 1 atom stereocenters. The number of hydrogen-bond acceptors (Lipinski definition) is 3. The fourth-order valence-corrected chi connectivity index (χ4v) is 0.169. The lowest BCUT2D eigenvalue weighted by Crippen LogP contribution is -2.27. The number of nitrogens with one attached hydrogen (secondary N) is 1. The Bertz CT molecular complexity index is 153. The minimum atomic E-state index is -4.24. The largest absolute Gasteiger partial charge is 0.284 e. The second-order valence-corrected chi connectivity index (χ2v) is 3.00. The van der Waals surface area contributed by atoms with Crippen molar-refractivity contribution in [3.8, 4) is 0 Å². The van der Waals surface area contributed by atoms with Crippen molar-refractivity contribution in [2.45, 2.75) is 12.3 Å². The maximum absolute atomic E-state index is 11.1. The maximum Gasteiger partial charge on any atom is 0.283 e. The molecule has 4 nitrogen and oxygen atoms in total. The van der Waals surface area contributed by atoms with Gasteiger partial charge in [-0.1, -0.05) is 0 Å². The lowest BCUT2D eigenvalue weighted by molar-refractivity contribution is 0.310. The van der Waals surface area contributed by atoms with Crippen LogP contribution in [0.1, 0.15) is 6.92 Å². The Morgan fingerprint density at radius 3 is 2.12 bits per heavy atom. The Balaban J connectivity index is 4.04. The highest BCUT2D eigenvalue weighted by Gasteiger charge is 2.15. The Morgan fingerprint density at radius 1 is 1.75 bits per heavy atom. The van der Waals surface area contributed by atoms with E-state index in [1.54, 1.807) is 0 Å². The van der Waals surface area contributed by atoms with E-state index in [2.05, 4.69) is 0 Å². The Hall–Kier alpha value is -0.200. The summed E-state index contributed by atoms with van der Waals surface area (Å²) < 4.78 is 38.7. The van der Waals surface area contributed by atoms with Crippen LogP contribution in [-0.4, -0.2) is 18.3 Å². The van der Waals surface area contributed by atoms with Gasteiger partial charge in [-0.25, -0.2) is 0 Å². The summed E-state index contributed by atoms with van der Waals surface area (Å²) >= 11 is 0. The highest BCUT2D eigenvalue weighted by Crippen LogP contribution is 1.90. The average molecular weight is 143 g/mol. The quantitative estimate of drug-likeness (QED) is 0.411. The van der Waals surface area contributed by atoms with Gasteiger partial charge >= 0.3 is 0 Å². The monoisotopic (exact) mass is 143 g/mol. The number of rotatable bonds is 2. The molecular weight excluding hydrogens is 137 g/mol. The standard InChI is InChI=1S/C2H6FNO3S/c1-2(4-3)8(5,6)7/h2,4H,1H3,(H,5,6,7). The second kappa shape index (κ2) is 2.38. The summed E-state index contributed by atoms with van der Waals surface area (Å²) in [5.74, 6) is 0. The summed E-state index contributed by atoms with van der Waals surface area (Å²) in [6.07, 6.45) is 0. The van der Waals surface area contributed by atoms with Crippen LogP contribution >= 0.6 is 0 Å². The molecule has 0 fully saturated rings. The number of halogens is 1. The van der Waals surface area contributed by atoms with Gasteiger partial charge < -0.3 is 0 Å². The maximum atomic E-state index is 11.1. The SMILES string of the molecule is CC(NF)S(=O)(=O)O. The van der Waals surface area contributed by atoms with E-state index < -0.39 is 15.5 Å². The van der Waals surface area contributed by atoms with Crippen LogP contribution in [0.4, 0.5) is 4.48 Å². The van der Waals surface area contributed by atoms with E-state index in [4.69, 9.17) is 4.55 Å². The predicted molar refractivity (Wildman–Crippen MR) is 25.3 cm³/mol. The fourth-order valence-electron chi connectivity index (χ4n) is 0.0563. The van der Waals surface area contributed by atoms with Crippen molar-refractivity contribution in [2.75, 3.05) is 0 Å². The van der Waals surface area contributed by atoms with Crippen molar-refractivity contribution in [3.05, 3.63) is 0 Å². The van der Waals surface area contributed by atoms with Crippen LogP contribution in [0.3, 0.4) is 0 Å². The topological polar surface area (TPSA) is 66.4 Å². The first-order valence-electron chi connectivity index (χ1n) is 1.81. The molecular formula is C2H6FNO3S. The van der Waals surface area contributed by atoms with Gasteiger partial charge in [0.15, 0.2) is 5.37 Å². The summed E-state index contributed by atoms with van der Waals surface area (Å²) in [5.41, 5.74) is 0.867. The van der Waals surface area contributed by atoms with Crippen LogP contribution in [-0.2, 0) is 10.1 Å². The summed E-state index contributed by atoms with van der Waals surface area (Å²) in [5, 5.41) is -1.54. The Labute approximate surface area is 46.4 Å². The van der Waals surface area contributed by atoms with E-state index in [0.29, 0.717) is 0 Å². The molecule has 0 aliphatic carbocycles. The molecule has 0 saturated carbocycles. The van der Waals surface area contributed by atoms with Gasteiger partial charge in [-0.3, -0.25) is 4.55 Å². The van der Waals surface area contributed by atoms with Crippen LogP contribution in [0.2, 0.25) is 0 Å². The third-order valence-electron chi connectivity index (χ3n) is 0.600. The molecule has 0 aliphatic heterocycles. The van der Waals surface area contributed by atoms with E-state index in [1.807, 2.05) is 0 Å². The Kier molecular flexibility index (Phi) is 2.32. The summed E-state index contributed by atoms with van der Waals surface area (Å²) in [6, 6.07) is 0. The molecule has 0 aromatic heterocycles. The zero-order chi connectivity index (χ0) is 6.78. The van der Waals surface area contributed by atoms with Crippen molar-refractivity contribution in [2.24, 2.45) is 0 Å². The van der Waals surface area contributed by atoms with E-state index >= 15 is 0 Å². The molecule has 0 heterocycles. The molecule has 50 valence electrons. The zero-order valence-corrected chi connectivity index (χ0v) is 4.94. The van der Waals surface area contributed by atoms with Gasteiger partial charge in [0.2, 0.25) is 0 Å². The first-order chi connectivity index (χ1) is 3.48. The molecule has 0 saturated heterocycles. The first-order valence-corrected chi connectivity index (χ1v) is 3.31. The fraction of sp³-hybridized carbons (Fsp3) is 1.00. The van der Waals surface area contributed by atoms with E-state index in [0.717, 1.165) is 12.5 Å². The van der Waals surface area contributed by atoms with Crippen molar-refractivity contribution < 1.29 is 17.5 Å². The van der Waals surface area contributed by atoms with Gasteiger partial charge in [-0.2, -0.15) is 8.42 Å². The lowest BCUT2D eigenvalue weighted by atomic mass is 10.8. The van der Waals surface area contributed by atoms with Gasteiger partial charge in [0.1, 0.15) is 0 Å². The Morgan fingerprint density at radius 2 is 2.12 bits per heavy atom. The van der Waals surface area contributed by atoms with Crippen molar-refractivity contribution in [1.29, 1.82) is 0 Å².